The molecule has 5 heteroatoms. The zero-order valence-corrected chi connectivity index (χ0v) is 12.8. The number of ether oxygens (including phenoxy) is 1. The highest BCUT2D eigenvalue weighted by molar-refractivity contribution is 9.10. The molecule has 1 aromatic heterocycles. The van der Waals surface area contributed by atoms with Crippen LogP contribution in [0.2, 0.25) is 0 Å². The highest BCUT2D eigenvalue weighted by atomic mass is 79.9. The normalized spacial score (nSPS) is 10.9. The van der Waals surface area contributed by atoms with Gasteiger partial charge in [0.05, 0.1) is 23.8 Å². The Hall–Kier alpha value is -2.01. The summed E-state index contributed by atoms with van der Waals surface area (Å²) >= 11 is 3.49. The number of hydrogen-bond donors (Lipinski definition) is 1. The summed E-state index contributed by atoms with van der Waals surface area (Å²) in [5.74, 6) is 1.20. The topological polar surface area (TPSA) is 53.1 Å². The van der Waals surface area contributed by atoms with Crippen molar-refractivity contribution in [3.8, 4) is 11.4 Å². The van der Waals surface area contributed by atoms with Crippen LogP contribution in [0.5, 0.6) is 5.75 Å². The third-order valence-corrected chi connectivity index (χ3v) is 3.78. The zero-order valence-electron chi connectivity index (χ0n) is 11.2. The van der Waals surface area contributed by atoms with Gasteiger partial charge in [-0.3, -0.25) is 4.57 Å². The van der Waals surface area contributed by atoms with Gasteiger partial charge < -0.3 is 10.5 Å². The van der Waals surface area contributed by atoms with Crippen molar-refractivity contribution in [2.45, 2.75) is 6.92 Å². The van der Waals surface area contributed by atoms with Gasteiger partial charge in [0.1, 0.15) is 5.75 Å². The number of aromatic nitrogens is 2. The molecule has 20 heavy (non-hydrogen) atoms. The Balaban J connectivity index is 2.40. The van der Waals surface area contributed by atoms with Crippen LogP contribution < -0.4 is 10.5 Å². The summed E-state index contributed by atoms with van der Waals surface area (Å²) in [6.45, 7) is 2.05. The predicted octanol–water partition coefficient (Wildman–Crippen LogP) is 3.69. The fourth-order valence-corrected chi connectivity index (χ4v) is 2.74. The third kappa shape index (κ3) is 1.94. The number of rotatable bonds is 2. The quantitative estimate of drug-likeness (QED) is 0.779. The molecule has 0 spiro atoms. The molecule has 0 amide bonds. The van der Waals surface area contributed by atoms with Crippen molar-refractivity contribution < 1.29 is 4.74 Å². The van der Waals surface area contributed by atoms with E-state index in [-0.39, 0.29) is 0 Å². The molecule has 3 rings (SSSR count). The minimum absolute atomic E-state index is 0.450. The van der Waals surface area contributed by atoms with Gasteiger partial charge in [0, 0.05) is 4.47 Å². The molecule has 0 aliphatic heterocycles. The summed E-state index contributed by atoms with van der Waals surface area (Å²) in [4.78, 5) is 4.43. The van der Waals surface area contributed by atoms with Crippen LogP contribution in [0, 0.1) is 6.92 Å². The second kappa shape index (κ2) is 4.83. The van der Waals surface area contributed by atoms with Crippen LogP contribution in [0.1, 0.15) is 5.56 Å². The molecule has 3 aromatic rings. The van der Waals surface area contributed by atoms with Crippen molar-refractivity contribution in [2.75, 3.05) is 12.8 Å². The Morgan fingerprint density at radius 1 is 1.25 bits per heavy atom. The van der Waals surface area contributed by atoms with E-state index in [4.69, 9.17) is 10.5 Å². The Kier molecular flexibility index (Phi) is 3.14. The van der Waals surface area contributed by atoms with Gasteiger partial charge in [-0.1, -0.05) is 28.1 Å². The molecular formula is C15H14BrN3O. The lowest BCUT2D eigenvalue weighted by Gasteiger charge is -2.13. The molecule has 0 saturated heterocycles. The van der Waals surface area contributed by atoms with Crippen molar-refractivity contribution in [1.82, 2.24) is 9.55 Å². The standard InChI is InChI=1S/C15H14BrN3O/c1-9-4-3-5-11-14(9)19(15(17)18-11)12-8-10(16)6-7-13(12)20-2/h3-8H,1-2H3,(H2,17,18). The number of aryl methyl sites for hydroxylation is 1. The van der Waals surface area contributed by atoms with E-state index < -0.39 is 0 Å². The molecule has 0 saturated carbocycles. The SMILES string of the molecule is COc1ccc(Br)cc1-n1c(N)nc2cccc(C)c21. The molecule has 2 aromatic carbocycles. The van der Waals surface area contributed by atoms with Gasteiger partial charge in [0.25, 0.3) is 0 Å². The maximum atomic E-state index is 6.11. The van der Waals surface area contributed by atoms with Crippen LogP contribution in [0.25, 0.3) is 16.7 Å². The molecule has 0 bridgehead atoms. The van der Waals surface area contributed by atoms with Crippen molar-refractivity contribution in [3.05, 3.63) is 46.4 Å². The summed E-state index contributed by atoms with van der Waals surface area (Å²) in [5, 5.41) is 0. The van der Waals surface area contributed by atoms with Crippen LogP contribution in [0.3, 0.4) is 0 Å². The summed E-state index contributed by atoms with van der Waals surface area (Å²) in [5.41, 5.74) is 9.98. The van der Waals surface area contributed by atoms with E-state index in [1.54, 1.807) is 7.11 Å². The number of methoxy groups -OCH3 is 1. The number of hydrogen-bond acceptors (Lipinski definition) is 3. The number of benzene rings is 2. The smallest absolute Gasteiger partial charge is 0.206 e. The molecule has 2 N–H and O–H groups in total. The van der Waals surface area contributed by atoms with Crippen molar-refractivity contribution in [1.29, 1.82) is 0 Å². The third-order valence-electron chi connectivity index (χ3n) is 3.29. The molecule has 102 valence electrons. The van der Waals surface area contributed by atoms with Gasteiger partial charge >= 0.3 is 0 Å². The second-order valence-electron chi connectivity index (χ2n) is 4.56. The number of halogens is 1. The van der Waals surface area contributed by atoms with Gasteiger partial charge in [0.15, 0.2) is 0 Å². The van der Waals surface area contributed by atoms with Gasteiger partial charge in [-0.15, -0.1) is 0 Å². The minimum atomic E-state index is 0.450. The predicted molar refractivity (Wildman–Crippen MR) is 84.5 cm³/mol. The zero-order chi connectivity index (χ0) is 14.3. The Labute approximate surface area is 125 Å². The maximum Gasteiger partial charge on any atom is 0.206 e. The Bertz CT molecular complexity index is 795. The molecule has 0 aliphatic carbocycles. The van der Waals surface area contributed by atoms with Crippen molar-refractivity contribution in [3.63, 3.8) is 0 Å². The number of fused-ring (bicyclic) bond motifs is 1. The molecule has 0 atom stereocenters. The van der Waals surface area contributed by atoms with E-state index in [1.165, 1.54) is 0 Å². The van der Waals surface area contributed by atoms with Crippen molar-refractivity contribution in [2.24, 2.45) is 0 Å². The summed E-state index contributed by atoms with van der Waals surface area (Å²) in [7, 11) is 1.65. The fraction of sp³-hybridized carbons (Fsp3) is 0.133. The number of anilines is 1. The summed E-state index contributed by atoms with van der Waals surface area (Å²) < 4.78 is 8.33. The van der Waals surface area contributed by atoms with E-state index in [1.807, 2.05) is 47.9 Å². The van der Waals surface area contributed by atoms with E-state index >= 15 is 0 Å². The lowest BCUT2D eigenvalue weighted by atomic mass is 10.2. The maximum absolute atomic E-state index is 6.11. The number of nitrogens with two attached hydrogens (primary N) is 1. The summed E-state index contributed by atoms with van der Waals surface area (Å²) in [6, 6.07) is 11.8. The lowest BCUT2D eigenvalue weighted by Crippen LogP contribution is -2.03. The van der Waals surface area contributed by atoms with Gasteiger partial charge in [-0.05, 0) is 36.8 Å². The average molecular weight is 332 g/mol. The first kappa shape index (κ1) is 13.0. The first-order valence-corrected chi connectivity index (χ1v) is 6.98. The minimum Gasteiger partial charge on any atom is -0.495 e. The first-order valence-electron chi connectivity index (χ1n) is 6.19. The van der Waals surface area contributed by atoms with Crippen LogP contribution in [0.15, 0.2) is 40.9 Å². The fourth-order valence-electron chi connectivity index (χ4n) is 2.39. The van der Waals surface area contributed by atoms with Gasteiger partial charge in [-0.25, -0.2) is 4.98 Å². The van der Waals surface area contributed by atoms with Crippen LogP contribution >= 0.6 is 15.9 Å². The van der Waals surface area contributed by atoms with E-state index in [0.29, 0.717) is 5.95 Å². The van der Waals surface area contributed by atoms with Crippen LogP contribution in [0.4, 0.5) is 5.95 Å². The second-order valence-corrected chi connectivity index (χ2v) is 5.48. The van der Waals surface area contributed by atoms with Gasteiger partial charge in [-0.2, -0.15) is 0 Å². The largest absolute Gasteiger partial charge is 0.495 e. The van der Waals surface area contributed by atoms with E-state index in [0.717, 1.165) is 32.5 Å². The van der Waals surface area contributed by atoms with E-state index in [2.05, 4.69) is 20.9 Å². The first-order chi connectivity index (χ1) is 9.61. The number of nitrogen functional groups attached to an aromatic ring is 1. The van der Waals surface area contributed by atoms with E-state index in [9.17, 15) is 0 Å². The Morgan fingerprint density at radius 2 is 2.05 bits per heavy atom. The van der Waals surface area contributed by atoms with Crippen LogP contribution in [-0.4, -0.2) is 16.7 Å². The average Bonchev–Trinajstić information content (AvgIpc) is 2.76. The Morgan fingerprint density at radius 3 is 2.80 bits per heavy atom. The van der Waals surface area contributed by atoms with Crippen molar-refractivity contribution >= 4 is 32.9 Å². The highest BCUT2D eigenvalue weighted by Crippen LogP contribution is 2.32. The highest BCUT2D eigenvalue weighted by Gasteiger charge is 2.15. The van der Waals surface area contributed by atoms with Crippen LogP contribution in [-0.2, 0) is 0 Å². The lowest BCUT2D eigenvalue weighted by molar-refractivity contribution is 0.413. The molecule has 4 nitrogen and oxygen atoms in total. The molecule has 0 fully saturated rings. The molecule has 1 heterocycles. The molecular weight excluding hydrogens is 318 g/mol. The number of para-hydroxylation sites is 1. The van der Waals surface area contributed by atoms with Gasteiger partial charge in [0.2, 0.25) is 5.95 Å². The molecule has 0 radical (unpaired) electrons. The monoisotopic (exact) mass is 331 g/mol. The number of nitrogens with zero attached hydrogens (tertiary/aromatic N) is 2. The summed E-state index contributed by atoms with van der Waals surface area (Å²) in [6.07, 6.45) is 0. The number of imidazole rings is 1. The molecule has 0 aliphatic rings. The molecule has 0 unspecified atom stereocenters.